The highest BCUT2D eigenvalue weighted by Crippen LogP contribution is 2.32. The van der Waals surface area contributed by atoms with Gasteiger partial charge in [0, 0.05) is 37.6 Å². The molecule has 2 aromatic heterocycles. The Hall–Kier alpha value is -3.09. The number of anilines is 1. The monoisotopic (exact) mass is 433 g/mol. The number of rotatable bonds is 6. The van der Waals surface area contributed by atoms with Crippen molar-refractivity contribution in [3.63, 3.8) is 0 Å². The van der Waals surface area contributed by atoms with E-state index in [2.05, 4.69) is 10.2 Å². The zero-order valence-corrected chi connectivity index (χ0v) is 18.7. The maximum Gasteiger partial charge on any atom is 0.225 e. The van der Waals surface area contributed by atoms with Crippen LogP contribution in [-0.2, 0) is 24.2 Å². The van der Waals surface area contributed by atoms with E-state index in [9.17, 15) is 4.79 Å². The molecule has 3 aromatic rings. The van der Waals surface area contributed by atoms with Crippen molar-refractivity contribution in [3.05, 3.63) is 53.5 Å². The van der Waals surface area contributed by atoms with Gasteiger partial charge in [-0.2, -0.15) is 5.10 Å². The second-order valence-electron chi connectivity index (χ2n) is 8.76. The van der Waals surface area contributed by atoms with Crippen molar-refractivity contribution in [2.24, 2.45) is 5.92 Å². The smallest absolute Gasteiger partial charge is 0.225 e. The van der Waals surface area contributed by atoms with Gasteiger partial charge in [0.25, 0.3) is 0 Å². The number of amides is 1. The van der Waals surface area contributed by atoms with Gasteiger partial charge in [-0.05, 0) is 63.1 Å². The molecule has 1 amide bonds. The molecule has 0 bridgehead atoms. The number of benzene rings is 1. The molecule has 1 aliphatic heterocycles. The van der Waals surface area contributed by atoms with Gasteiger partial charge in [-0.15, -0.1) is 0 Å². The fourth-order valence-corrected chi connectivity index (χ4v) is 5.01. The van der Waals surface area contributed by atoms with Crippen molar-refractivity contribution in [2.75, 3.05) is 24.6 Å². The molecular formula is C25H31N5O2. The minimum Gasteiger partial charge on any atom is -0.494 e. The van der Waals surface area contributed by atoms with Crippen LogP contribution in [0.2, 0.25) is 0 Å². The highest BCUT2D eigenvalue weighted by molar-refractivity contribution is 5.81. The molecule has 2 aliphatic rings. The number of aryl methyl sites for hydroxylation is 2. The van der Waals surface area contributed by atoms with Crippen molar-refractivity contribution in [3.8, 4) is 5.75 Å². The molecule has 0 unspecified atom stereocenters. The van der Waals surface area contributed by atoms with Gasteiger partial charge in [-0.3, -0.25) is 4.79 Å². The average Bonchev–Trinajstić information content (AvgIpc) is 3.22. The number of nitrogens with zero attached hydrogens (tertiary/aromatic N) is 4. The minimum atomic E-state index is -0.0420. The van der Waals surface area contributed by atoms with E-state index >= 15 is 0 Å². The third-order valence-electron chi connectivity index (χ3n) is 6.57. The Morgan fingerprint density at radius 1 is 1.25 bits per heavy atom. The van der Waals surface area contributed by atoms with E-state index in [1.54, 1.807) is 0 Å². The Morgan fingerprint density at radius 3 is 3.06 bits per heavy atom. The molecule has 3 heterocycles. The molecule has 1 atom stereocenters. The molecule has 1 N–H and O–H groups in total. The third kappa shape index (κ3) is 4.16. The number of hydrogen-bond acceptors (Lipinski definition) is 5. The number of piperidine rings is 1. The molecule has 0 spiro atoms. The molecule has 32 heavy (non-hydrogen) atoms. The van der Waals surface area contributed by atoms with Crippen molar-refractivity contribution >= 4 is 17.2 Å². The van der Waals surface area contributed by atoms with Crippen molar-refractivity contribution in [1.82, 2.24) is 19.9 Å². The minimum absolute atomic E-state index is 0.0420. The quantitative estimate of drug-likeness (QED) is 0.644. The molecule has 168 valence electrons. The van der Waals surface area contributed by atoms with Gasteiger partial charge in [0.2, 0.25) is 5.91 Å². The van der Waals surface area contributed by atoms with Crippen LogP contribution in [0.3, 0.4) is 0 Å². The summed E-state index contributed by atoms with van der Waals surface area (Å²) in [6.45, 7) is 4.73. The van der Waals surface area contributed by atoms with E-state index < -0.39 is 0 Å². The summed E-state index contributed by atoms with van der Waals surface area (Å²) in [6, 6.07) is 7.91. The first kappa shape index (κ1) is 20.8. The van der Waals surface area contributed by atoms with E-state index in [0.717, 1.165) is 54.9 Å². The van der Waals surface area contributed by atoms with Crippen molar-refractivity contribution < 1.29 is 9.53 Å². The molecule has 1 saturated heterocycles. The summed E-state index contributed by atoms with van der Waals surface area (Å²) in [6.07, 6.45) is 10.2. The predicted molar refractivity (Wildman–Crippen MR) is 124 cm³/mol. The Kier molecular flexibility index (Phi) is 5.97. The topological polar surface area (TPSA) is 71.8 Å². The first-order chi connectivity index (χ1) is 15.7. The lowest BCUT2D eigenvalue weighted by Crippen LogP contribution is -2.43. The van der Waals surface area contributed by atoms with Crippen molar-refractivity contribution in [1.29, 1.82) is 0 Å². The molecular weight excluding hydrogens is 402 g/mol. The first-order valence-electron chi connectivity index (χ1n) is 11.8. The van der Waals surface area contributed by atoms with E-state index in [1.807, 2.05) is 48.1 Å². The fraction of sp³-hybridized carbons (Fsp3) is 0.480. The number of nitrogens with one attached hydrogen (secondary N) is 1. The van der Waals surface area contributed by atoms with E-state index in [-0.39, 0.29) is 11.8 Å². The summed E-state index contributed by atoms with van der Waals surface area (Å²) < 4.78 is 7.56. The summed E-state index contributed by atoms with van der Waals surface area (Å²) >= 11 is 0. The van der Waals surface area contributed by atoms with Gasteiger partial charge in [0.05, 0.1) is 18.2 Å². The van der Waals surface area contributed by atoms with Gasteiger partial charge < -0.3 is 15.0 Å². The largest absolute Gasteiger partial charge is 0.494 e. The number of ether oxygens (including phenoxy) is 1. The Bertz CT molecular complexity index is 1110. The Labute approximate surface area is 188 Å². The molecule has 1 fully saturated rings. The van der Waals surface area contributed by atoms with E-state index in [0.29, 0.717) is 19.7 Å². The summed E-state index contributed by atoms with van der Waals surface area (Å²) in [7, 11) is 0. The van der Waals surface area contributed by atoms with Gasteiger partial charge in [0.1, 0.15) is 11.3 Å². The van der Waals surface area contributed by atoms with Crippen LogP contribution in [0, 0.1) is 5.92 Å². The van der Waals surface area contributed by atoms with Crippen LogP contribution in [0.1, 0.15) is 49.4 Å². The lowest BCUT2D eigenvalue weighted by atomic mass is 9.95. The van der Waals surface area contributed by atoms with Gasteiger partial charge in [-0.25, -0.2) is 9.50 Å². The number of hydrogen-bond donors (Lipinski definition) is 1. The molecule has 0 radical (unpaired) electrons. The Morgan fingerprint density at radius 2 is 2.16 bits per heavy atom. The highest BCUT2D eigenvalue weighted by atomic mass is 16.5. The zero-order valence-electron chi connectivity index (χ0n) is 18.7. The average molecular weight is 434 g/mol. The number of carbonyl (C=O) groups excluding carboxylic acids is 1. The molecule has 7 heteroatoms. The lowest BCUT2D eigenvalue weighted by molar-refractivity contribution is -0.125. The molecule has 5 rings (SSSR count). The highest BCUT2D eigenvalue weighted by Gasteiger charge is 2.29. The zero-order chi connectivity index (χ0) is 21.9. The summed E-state index contributed by atoms with van der Waals surface area (Å²) in [4.78, 5) is 20.0. The van der Waals surface area contributed by atoms with E-state index in [4.69, 9.17) is 14.8 Å². The maximum absolute atomic E-state index is 13.0. The molecule has 0 saturated carbocycles. The molecule has 1 aromatic carbocycles. The van der Waals surface area contributed by atoms with Crippen LogP contribution in [-0.4, -0.2) is 40.2 Å². The summed E-state index contributed by atoms with van der Waals surface area (Å²) in [5, 5.41) is 7.94. The molecule has 1 aliphatic carbocycles. The third-order valence-corrected chi connectivity index (χ3v) is 6.57. The second kappa shape index (κ2) is 9.18. The van der Waals surface area contributed by atoms with Crippen LogP contribution >= 0.6 is 0 Å². The van der Waals surface area contributed by atoms with Gasteiger partial charge in [0.15, 0.2) is 5.82 Å². The van der Waals surface area contributed by atoms with Crippen LogP contribution in [0.5, 0.6) is 5.75 Å². The van der Waals surface area contributed by atoms with Crippen molar-refractivity contribution in [2.45, 2.75) is 52.0 Å². The standard InChI is InChI=1S/C25H31N5O2/c1-2-32-20-9-5-7-18(15-20)16-27-25(31)19-8-6-13-29(17-19)24-23-21-10-3-4-11-22(21)28-30(23)14-12-26-24/h5,7,9,12,14-15,19H,2-4,6,8,10-11,13,16-17H2,1H3,(H,27,31)/t19-/m1/s1. The van der Waals surface area contributed by atoms with Crippen LogP contribution in [0.15, 0.2) is 36.7 Å². The normalized spacial score (nSPS) is 18.4. The predicted octanol–water partition coefficient (Wildman–Crippen LogP) is 3.54. The SMILES string of the molecule is CCOc1cccc(CNC(=O)[C@@H]2CCCN(c3nccn4nc5c(c34)CCCC5)C2)c1. The fourth-order valence-electron chi connectivity index (χ4n) is 5.01. The maximum atomic E-state index is 13.0. The summed E-state index contributed by atoms with van der Waals surface area (Å²) in [5.41, 5.74) is 4.75. The van der Waals surface area contributed by atoms with Gasteiger partial charge >= 0.3 is 0 Å². The molecule has 7 nitrogen and oxygen atoms in total. The second-order valence-corrected chi connectivity index (χ2v) is 8.76. The van der Waals surface area contributed by atoms with Crippen LogP contribution in [0.25, 0.3) is 5.52 Å². The number of aromatic nitrogens is 3. The van der Waals surface area contributed by atoms with E-state index in [1.165, 1.54) is 24.1 Å². The lowest BCUT2D eigenvalue weighted by Gasteiger charge is -2.33. The Balaban J connectivity index is 1.29. The first-order valence-corrected chi connectivity index (χ1v) is 11.8. The number of carbonyl (C=O) groups is 1. The van der Waals surface area contributed by atoms with Crippen LogP contribution in [0.4, 0.5) is 5.82 Å². The van der Waals surface area contributed by atoms with Gasteiger partial charge in [-0.1, -0.05) is 12.1 Å². The number of fused-ring (bicyclic) bond motifs is 3. The van der Waals surface area contributed by atoms with Crippen LogP contribution < -0.4 is 15.0 Å². The summed E-state index contributed by atoms with van der Waals surface area (Å²) in [5.74, 6) is 1.88.